The molecule has 2 rings (SSSR count). The van der Waals surface area contributed by atoms with Gasteiger partial charge in [-0.3, -0.25) is 9.20 Å². The van der Waals surface area contributed by atoms with Crippen molar-refractivity contribution >= 4 is 16.2 Å². The molecule has 0 spiro atoms. The van der Waals surface area contributed by atoms with Crippen molar-refractivity contribution in [1.82, 2.24) is 4.40 Å². The first-order valence-electron chi connectivity index (χ1n) is 4.77. The fourth-order valence-electron chi connectivity index (χ4n) is 1.24. The van der Waals surface area contributed by atoms with E-state index in [2.05, 4.69) is 0 Å². The Morgan fingerprint density at radius 1 is 1.29 bits per heavy atom. The Balaban J connectivity index is 0.000000461. The second-order valence-corrected chi connectivity index (χ2v) is 4.10. The molecule has 2 nitrogen and oxygen atoms in total. The first-order valence-corrected chi connectivity index (χ1v) is 5.58. The highest BCUT2D eigenvalue weighted by atomic mass is 32.1. The van der Waals surface area contributed by atoms with Gasteiger partial charge < -0.3 is 0 Å². The molecular formula is C11H15NOS. The molecule has 3 heteroatoms. The van der Waals surface area contributed by atoms with Crippen LogP contribution in [0.3, 0.4) is 0 Å². The zero-order valence-corrected chi connectivity index (χ0v) is 9.81. The summed E-state index contributed by atoms with van der Waals surface area (Å²) in [5, 5.41) is 0. The molecule has 76 valence electrons. The van der Waals surface area contributed by atoms with Crippen LogP contribution in [0, 0.1) is 13.8 Å². The standard InChI is InChI=1S/C9H9NOS.C2H6/c1-6-3-4-10-8(11)5-7(2)12-9(6)10;1-2/h3-5H,1-2H3;1-2H3. The maximum absolute atomic E-state index is 11.4. The van der Waals surface area contributed by atoms with Gasteiger partial charge in [0.2, 0.25) is 0 Å². The van der Waals surface area contributed by atoms with Crippen LogP contribution in [0.4, 0.5) is 0 Å². The van der Waals surface area contributed by atoms with E-state index in [-0.39, 0.29) is 5.56 Å². The van der Waals surface area contributed by atoms with Gasteiger partial charge in [-0.25, -0.2) is 0 Å². The van der Waals surface area contributed by atoms with E-state index < -0.39 is 0 Å². The fourth-order valence-corrected chi connectivity index (χ4v) is 2.19. The van der Waals surface area contributed by atoms with Gasteiger partial charge in [-0.2, -0.15) is 0 Å². The molecular weight excluding hydrogens is 194 g/mol. The SMILES string of the molecule is CC.Cc1cc(=O)n2ccc(C)c2s1. The fraction of sp³-hybridized carbons (Fsp3) is 0.364. The van der Waals surface area contributed by atoms with E-state index in [0.717, 1.165) is 9.71 Å². The van der Waals surface area contributed by atoms with Crippen LogP contribution >= 0.6 is 11.3 Å². The highest BCUT2D eigenvalue weighted by Gasteiger charge is 2.01. The smallest absolute Gasteiger partial charge is 0.256 e. The largest absolute Gasteiger partial charge is 0.275 e. The van der Waals surface area contributed by atoms with Crippen molar-refractivity contribution in [2.75, 3.05) is 0 Å². The number of nitrogens with zero attached hydrogens (tertiary/aromatic N) is 1. The van der Waals surface area contributed by atoms with E-state index in [0.29, 0.717) is 0 Å². The molecule has 2 heterocycles. The molecule has 0 aliphatic carbocycles. The Morgan fingerprint density at radius 2 is 1.93 bits per heavy atom. The van der Waals surface area contributed by atoms with Crippen molar-refractivity contribution in [1.29, 1.82) is 0 Å². The van der Waals surface area contributed by atoms with Gasteiger partial charge in [0.05, 0.1) is 0 Å². The third-order valence-corrected chi connectivity index (χ3v) is 3.00. The number of aromatic nitrogens is 1. The monoisotopic (exact) mass is 209 g/mol. The Bertz CT molecular complexity index is 481. The summed E-state index contributed by atoms with van der Waals surface area (Å²) in [6, 6.07) is 3.63. The third kappa shape index (κ3) is 1.87. The molecule has 0 aromatic carbocycles. The first-order chi connectivity index (χ1) is 6.68. The van der Waals surface area contributed by atoms with Gasteiger partial charge in [-0.1, -0.05) is 13.8 Å². The molecule has 2 aromatic rings. The van der Waals surface area contributed by atoms with Gasteiger partial charge in [0.1, 0.15) is 4.83 Å². The van der Waals surface area contributed by atoms with Crippen LogP contribution in [0.25, 0.3) is 4.83 Å². The minimum atomic E-state index is 0.0642. The van der Waals surface area contributed by atoms with Gasteiger partial charge >= 0.3 is 0 Å². The third-order valence-electron chi connectivity index (χ3n) is 1.85. The highest BCUT2D eigenvalue weighted by molar-refractivity contribution is 7.17. The minimum Gasteiger partial charge on any atom is -0.275 e. The van der Waals surface area contributed by atoms with Crippen LogP contribution in [0.5, 0.6) is 0 Å². The predicted octanol–water partition coefficient (Wildman–Crippen LogP) is 3.00. The van der Waals surface area contributed by atoms with Crippen LogP contribution in [0.1, 0.15) is 24.3 Å². The van der Waals surface area contributed by atoms with E-state index in [1.54, 1.807) is 21.8 Å². The van der Waals surface area contributed by atoms with E-state index >= 15 is 0 Å². The van der Waals surface area contributed by atoms with Crippen LogP contribution in [0.2, 0.25) is 0 Å². The number of rotatable bonds is 0. The number of hydrogen-bond acceptors (Lipinski definition) is 2. The molecule has 0 fully saturated rings. The number of aryl methyl sites for hydroxylation is 2. The first kappa shape index (κ1) is 11.0. The van der Waals surface area contributed by atoms with Crippen molar-refractivity contribution < 1.29 is 0 Å². The maximum atomic E-state index is 11.4. The van der Waals surface area contributed by atoms with Gasteiger partial charge in [0.25, 0.3) is 5.56 Å². The molecule has 0 radical (unpaired) electrons. The van der Waals surface area contributed by atoms with Crippen LogP contribution in [-0.4, -0.2) is 4.40 Å². The van der Waals surface area contributed by atoms with Gasteiger partial charge in [0, 0.05) is 17.1 Å². The molecule has 0 aliphatic heterocycles. The van der Waals surface area contributed by atoms with Crippen molar-refractivity contribution in [3.05, 3.63) is 39.1 Å². The Morgan fingerprint density at radius 3 is 2.57 bits per heavy atom. The molecule has 0 saturated carbocycles. The van der Waals surface area contributed by atoms with E-state index in [1.807, 2.05) is 40.0 Å². The normalized spacial score (nSPS) is 9.71. The van der Waals surface area contributed by atoms with Gasteiger partial charge in [-0.15, -0.1) is 11.3 Å². The summed E-state index contributed by atoms with van der Waals surface area (Å²) in [6.07, 6.45) is 1.82. The van der Waals surface area contributed by atoms with Gasteiger partial charge in [-0.05, 0) is 25.5 Å². The summed E-state index contributed by atoms with van der Waals surface area (Å²) in [5.74, 6) is 0. The average molecular weight is 209 g/mol. The number of hydrogen-bond donors (Lipinski definition) is 0. The van der Waals surface area contributed by atoms with Crippen LogP contribution in [-0.2, 0) is 0 Å². The lowest BCUT2D eigenvalue weighted by Crippen LogP contribution is -2.08. The Hall–Kier alpha value is -1.09. The number of fused-ring (bicyclic) bond motifs is 1. The summed E-state index contributed by atoms with van der Waals surface area (Å²) in [5.41, 5.74) is 1.23. The van der Waals surface area contributed by atoms with Crippen LogP contribution < -0.4 is 5.56 Å². The lowest BCUT2D eigenvalue weighted by atomic mass is 10.4. The van der Waals surface area contributed by atoms with E-state index in [1.165, 1.54) is 5.56 Å². The Labute approximate surface area is 87.8 Å². The highest BCUT2D eigenvalue weighted by Crippen LogP contribution is 2.16. The summed E-state index contributed by atoms with van der Waals surface area (Å²) in [4.78, 5) is 13.5. The van der Waals surface area contributed by atoms with E-state index in [9.17, 15) is 4.79 Å². The predicted molar refractivity (Wildman–Crippen MR) is 62.4 cm³/mol. The molecule has 0 unspecified atom stereocenters. The molecule has 2 aromatic heterocycles. The molecule has 0 atom stereocenters. The summed E-state index contributed by atoms with van der Waals surface area (Å²) in [7, 11) is 0. The Kier molecular flexibility index (Phi) is 3.47. The topological polar surface area (TPSA) is 21.5 Å². The van der Waals surface area contributed by atoms with Crippen LogP contribution in [0.15, 0.2) is 23.1 Å². The average Bonchev–Trinajstić information content (AvgIpc) is 2.52. The summed E-state index contributed by atoms with van der Waals surface area (Å²) < 4.78 is 1.69. The zero-order chi connectivity index (χ0) is 10.7. The second kappa shape index (κ2) is 4.42. The molecule has 14 heavy (non-hydrogen) atoms. The van der Waals surface area contributed by atoms with E-state index in [4.69, 9.17) is 0 Å². The molecule has 0 amide bonds. The lowest BCUT2D eigenvalue weighted by molar-refractivity contribution is 1.14. The lowest BCUT2D eigenvalue weighted by Gasteiger charge is -1.94. The zero-order valence-electron chi connectivity index (χ0n) is 9.00. The summed E-state index contributed by atoms with van der Waals surface area (Å²) in [6.45, 7) is 7.98. The van der Waals surface area contributed by atoms with Gasteiger partial charge in [0.15, 0.2) is 0 Å². The van der Waals surface area contributed by atoms with Crippen molar-refractivity contribution in [2.45, 2.75) is 27.7 Å². The molecule has 0 saturated heterocycles. The summed E-state index contributed by atoms with van der Waals surface area (Å²) >= 11 is 1.65. The van der Waals surface area contributed by atoms with Crippen molar-refractivity contribution in [3.63, 3.8) is 0 Å². The maximum Gasteiger partial charge on any atom is 0.256 e. The molecule has 0 N–H and O–H groups in total. The quantitative estimate of drug-likeness (QED) is 0.653. The molecule has 0 aliphatic rings. The second-order valence-electron chi connectivity index (χ2n) is 2.87. The van der Waals surface area contributed by atoms with Crippen molar-refractivity contribution in [3.8, 4) is 0 Å². The minimum absolute atomic E-state index is 0.0642. The molecule has 0 bridgehead atoms. The van der Waals surface area contributed by atoms with Crippen molar-refractivity contribution in [2.24, 2.45) is 0 Å².